The van der Waals surface area contributed by atoms with Gasteiger partial charge in [0.25, 0.3) is 10.0 Å². The van der Waals surface area contributed by atoms with Crippen LogP contribution in [0.4, 0.5) is 5.69 Å². The zero-order valence-corrected chi connectivity index (χ0v) is 15.1. The number of nitrogens with one attached hydrogen (secondary N) is 1. The molecule has 8 nitrogen and oxygen atoms in total. The third-order valence-electron chi connectivity index (χ3n) is 3.55. The van der Waals surface area contributed by atoms with Crippen molar-refractivity contribution in [1.29, 1.82) is 0 Å². The van der Waals surface area contributed by atoms with Crippen LogP contribution in [0.3, 0.4) is 0 Å². The smallest absolute Gasteiger partial charge is 0.263 e. The summed E-state index contributed by atoms with van der Waals surface area (Å²) in [6.45, 7) is 2.11. The molecular formula is C13H15N3O5S3. The van der Waals surface area contributed by atoms with Crippen LogP contribution in [0.2, 0.25) is 0 Å². The average Bonchev–Trinajstić information content (AvgIpc) is 3.05. The summed E-state index contributed by atoms with van der Waals surface area (Å²) in [6.07, 6.45) is 0. The summed E-state index contributed by atoms with van der Waals surface area (Å²) in [6, 6.07) is 5.16. The molecule has 1 fully saturated rings. The normalized spacial score (nSPS) is 23.4. The Morgan fingerprint density at radius 2 is 1.96 bits per heavy atom. The van der Waals surface area contributed by atoms with E-state index in [-0.39, 0.29) is 16.3 Å². The van der Waals surface area contributed by atoms with Crippen LogP contribution in [-0.4, -0.2) is 46.0 Å². The lowest BCUT2D eigenvalue weighted by molar-refractivity contribution is -0.119. The van der Waals surface area contributed by atoms with Gasteiger partial charge in [-0.25, -0.2) is 21.1 Å². The number of rotatable bonds is 3. The molecular weight excluding hydrogens is 374 g/mol. The summed E-state index contributed by atoms with van der Waals surface area (Å²) in [7, 11) is -7.50. The minimum absolute atomic E-state index is 0.0291. The van der Waals surface area contributed by atoms with Crippen molar-refractivity contribution in [3.8, 4) is 0 Å². The van der Waals surface area contributed by atoms with Crippen molar-refractivity contribution < 1.29 is 21.6 Å². The minimum Gasteiger partial charge on any atom is -0.273 e. The first-order chi connectivity index (χ1) is 11.2. The summed E-state index contributed by atoms with van der Waals surface area (Å²) in [4.78, 5) is 16.0. The molecule has 2 heterocycles. The number of nitrogens with zero attached hydrogens (tertiary/aromatic N) is 2. The molecule has 1 aromatic rings. The highest BCUT2D eigenvalue weighted by Crippen LogP contribution is 2.29. The van der Waals surface area contributed by atoms with Gasteiger partial charge >= 0.3 is 0 Å². The molecule has 1 aromatic carbocycles. The van der Waals surface area contributed by atoms with Crippen molar-refractivity contribution in [2.24, 2.45) is 10.9 Å². The van der Waals surface area contributed by atoms with E-state index in [1.165, 1.54) is 36.0 Å². The first-order valence-corrected chi connectivity index (χ1v) is 11.2. The highest BCUT2D eigenvalue weighted by molar-refractivity contribution is 8.15. The second-order valence-electron chi connectivity index (χ2n) is 5.42. The van der Waals surface area contributed by atoms with E-state index >= 15 is 0 Å². The summed E-state index contributed by atoms with van der Waals surface area (Å²) in [5, 5.41) is 0.338. The Morgan fingerprint density at radius 1 is 1.29 bits per heavy atom. The van der Waals surface area contributed by atoms with Gasteiger partial charge in [-0.15, -0.1) is 0 Å². The molecule has 1 saturated heterocycles. The van der Waals surface area contributed by atoms with Crippen LogP contribution in [0.5, 0.6) is 0 Å². The molecule has 2 aliphatic rings. The Bertz CT molecular complexity index is 907. The number of hydrogen-bond acceptors (Lipinski definition) is 7. The topological polar surface area (TPSA) is 113 Å². The molecule has 2 aliphatic heterocycles. The van der Waals surface area contributed by atoms with Gasteiger partial charge in [0.05, 0.1) is 28.8 Å². The first kappa shape index (κ1) is 17.2. The SMILES string of the molecule is CC1CS(=O)(=O)N(c2ccc(S(=O)(=O)NC3=NCCS3)cc2)C1=O. The van der Waals surface area contributed by atoms with E-state index in [9.17, 15) is 21.6 Å². The van der Waals surface area contributed by atoms with Crippen LogP contribution in [0.1, 0.15) is 6.92 Å². The zero-order chi connectivity index (χ0) is 17.5. The molecule has 0 aliphatic carbocycles. The number of amides is 1. The third-order valence-corrected chi connectivity index (χ3v) is 7.79. The van der Waals surface area contributed by atoms with Gasteiger partial charge in [0.15, 0.2) is 5.17 Å². The molecule has 1 unspecified atom stereocenters. The van der Waals surface area contributed by atoms with E-state index in [0.29, 0.717) is 11.7 Å². The number of carbonyl (C=O) groups excluding carboxylic acids is 1. The number of amidine groups is 1. The second kappa shape index (κ2) is 6.05. The molecule has 130 valence electrons. The van der Waals surface area contributed by atoms with E-state index in [4.69, 9.17) is 0 Å². The molecule has 11 heteroatoms. The third kappa shape index (κ3) is 3.15. The van der Waals surface area contributed by atoms with Gasteiger partial charge in [-0.1, -0.05) is 18.7 Å². The van der Waals surface area contributed by atoms with E-state index in [0.717, 1.165) is 10.1 Å². The van der Waals surface area contributed by atoms with E-state index in [2.05, 4.69) is 9.71 Å². The average molecular weight is 389 g/mol. The first-order valence-electron chi connectivity index (χ1n) is 7.08. The fourth-order valence-corrected chi connectivity index (χ4v) is 6.27. The monoisotopic (exact) mass is 389 g/mol. The molecule has 1 atom stereocenters. The number of sulfonamides is 2. The molecule has 0 spiro atoms. The highest BCUT2D eigenvalue weighted by atomic mass is 32.2. The predicted octanol–water partition coefficient (Wildman–Crippen LogP) is 0.380. The molecule has 0 saturated carbocycles. The quantitative estimate of drug-likeness (QED) is 0.800. The molecule has 24 heavy (non-hydrogen) atoms. The van der Waals surface area contributed by atoms with Crippen LogP contribution >= 0.6 is 11.8 Å². The van der Waals surface area contributed by atoms with Gasteiger partial charge in [0.2, 0.25) is 15.9 Å². The molecule has 0 radical (unpaired) electrons. The van der Waals surface area contributed by atoms with Gasteiger partial charge in [-0.3, -0.25) is 14.5 Å². The second-order valence-corrected chi connectivity index (χ2v) is 10.0. The van der Waals surface area contributed by atoms with Gasteiger partial charge < -0.3 is 0 Å². The Balaban J connectivity index is 1.87. The Hall–Kier alpha value is -1.59. The van der Waals surface area contributed by atoms with Crippen molar-refractivity contribution in [1.82, 2.24) is 4.72 Å². The fraction of sp³-hybridized carbons (Fsp3) is 0.385. The van der Waals surface area contributed by atoms with E-state index < -0.39 is 31.9 Å². The van der Waals surface area contributed by atoms with Gasteiger partial charge in [-0.2, -0.15) is 0 Å². The van der Waals surface area contributed by atoms with Gasteiger partial charge in [0.1, 0.15) is 0 Å². The molecule has 0 aromatic heterocycles. The van der Waals surface area contributed by atoms with E-state index in [1.54, 1.807) is 6.92 Å². The summed E-state index contributed by atoms with van der Waals surface area (Å²) >= 11 is 1.32. The van der Waals surface area contributed by atoms with Crippen LogP contribution in [-0.2, 0) is 24.8 Å². The molecule has 0 bridgehead atoms. The lowest BCUT2D eigenvalue weighted by Gasteiger charge is -2.15. The van der Waals surface area contributed by atoms with Crippen molar-refractivity contribution >= 4 is 48.6 Å². The fourth-order valence-electron chi connectivity index (χ4n) is 2.42. The largest absolute Gasteiger partial charge is 0.273 e. The summed E-state index contributed by atoms with van der Waals surface area (Å²) < 4.78 is 51.7. The number of anilines is 1. The van der Waals surface area contributed by atoms with Crippen LogP contribution in [0, 0.1) is 5.92 Å². The maximum absolute atomic E-state index is 12.3. The lowest BCUT2D eigenvalue weighted by atomic mass is 10.2. The van der Waals surface area contributed by atoms with Crippen LogP contribution in [0.15, 0.2) is 34.2 Å². The highest BCUT2D eigenvalue weighted by Gasteiger charge is 2.42. The van der Waals surface area contributed by atoms with Crippen molar-refractivity contribution in [3.63, 3.8) is 0 Å². The summed E-state index contributed by atoms with van der Waals surface area (Å²) in [5.41, 5.74) is 0.135. The van der Waals surface area contributed by atoms with Crippen molar-refractivity contribution in [3.05, 3.63) is 24.3 Å². The maximum atomic E-state index is 12.3. The van der Waals surface area contributed by atoms with Crippen molar-refractivity contribution in [2.45, 2.75) is 11.8 Å². The van der Waals surface area contributed by atoms with Gasteiger partial charge in [-0.05, 0) is 24.3 Å². The number of benzene rings is 1. The molecule has 1 amide bonds. The zero-order valence-electron chi connectivity index (χ0n) is 12.7. The number of aliphatic imine (C=N–C) groups is 1. The molecule has 1 N–H and O–H groups in total. The number of hydrogen-bond donors (Lipinski definition) is 1. The Labute approximate surface area is 144 Å². The van der Waals surface area contributed by atoms with Crippen molar-refractivity contribution in [2.75, 3.05) is 22.4 Å². The maximum Gasteiger partial charge on any atom is 0.263 e. The number of thioether (sulfide) groups is 1. The Kier molecular flexibility index (Phi) is 4.34. The predicted molar refractivity (Wildman–Crippen MR) is 92.0 cm³/mol. The van der Waals surface area contributed by atoms with Crippen LogP contribution < -0.4 is 9.03 Å². The number of carbonyl (C=O) groups is 1. The Morgan fingerprint density at radius 3 is 2.46 bits per heavy atom. The molecule has 3 rings (SSSR count). The van der Waals surface area contributed by atoms with E-state index in [1.807, 2.05) is 0 Å². The minimum atomic E-state index is -3.79. The van der Waals surface area contributed by atoms with Gasteiger partial charge in [0, 0.05) is 5.75 Å². The lowest BCUT2D eigenvalue weighted by Crippen LogP contribution is -2.30. The standard InChI is InChI=1S/C13H15N3O5S3/c1-9-8-23(18,19)16(12(9)17)10-2-4-11(5-3-10)24(20,21)15-13-14-6-7-22-13/h2-5,9H,6-8H2,1H3,(H,14,15). The summed E-state index contributed by atoms with van der Waals surface area (Å²) in [5.74, 6) is -0.646. The van der Waals surface area contributed by atoms with Crippen LogP contribution in [0.25, 0.3) is 0 Å².